The molecule has 0 radical (unpaired) electrons. The van der Waals surface area contributed by atoms with Crippen molar-refractivity contribution in [1.29, 1.82) is 0 Å². The van der Waals surface area contributed by atoms with Gasteiger partial charge in [-0.25, -0.2) is 4.98 Å². The maximum atomic E-state index is 6.64. The van der Waals surface area contributed by atoms with Gasteiger partial charge in [0.25, 0.3) is 0 Å². The van der Waals surface area contributed by atoms with Crippen LogP contribution in [0.1, 0.15) is 0 Å². The van der Waals surface area contributed by atoms with Gasteiger partial charge in [0.05, 0.1) is 16.4 Å². The number of furan rings is 1. The maximum Gasteiger partial charge on any atom is 0.227 e. The Labute approximate surface area is 345 Å². The highest BCUT2D eigenvalue weighted by atomic mass is 16.4. The number of para-hydroxylation sites is 3. The van der Waals surface area contributed by atoms with E-state index in [4.69, 9.17) is 13.8 Å². The molecule has 0 spiro atoms. The predicted molar refractivity (Wildman–Crippen MR) is 247 cm³/mol. The number of anilines is 3. The highest BCUT2D eigenvalue weighted by Crippen LogP contribution is 2.43. The van der Waals surface area contributed by atoms with E-state index in [0.29, 0.717) is 5.89 Å². The van der Waals surface area contributed by atoms with Crippen molar-refractivity contribution < 1.29 is 8.83 Å². The minimum Gasteiger partial charge on any atom is -0.455 e. The van der Waals surface area contributed by atoms with Crippen LogP contribution < -0.4 is 4.90 Å². The van der Waals surface area contributed by atoms with Gasteiger partial charge in [-0.1, -0.05) is 127 Å². The molecule has 0 N–H and O–H groups in total. The van der Waals surface area contributed by atoms with Gasteiger partial charge in [-0.05, 0) is 102 Å². The number of aromatic nitrogens is 2. The summed E-state index contributed by atoms with van der Waals surface area (Å²) in [6.07, 6.45) is 0. The normalized spacial score (nSPS) is 11.7. The topological polar surface area (TPSA) is 47.3 Å². The molecule has 0 amide bonds. The lowest BCUT2D eigenvalue weighted by molar-refractivity contribution is 0.619. The molecule has 5 nitrogen and oxygen atoms in total. The van der Waals surface area contributed by atoms with Crippen molar-refractivity contribution in [3.05, 3.63) is 212 Å². The number of fused-ring (bicyclic) bond motifs is 8. The summed E-state index contributed by atoms with van der Waals surface area (Å²) in [7, 11) is 0. The van der Waals surface area contributed by atoms with Crippen LogP contribution in [0.4, 0.5) is 17.1 Å². The summed E-state index contributed by atoms with van der Waals surface area (Å²) in [5.41, 5.74) is 15.2. The van der Waals surface area contributed by atoms with E-state index in [1.165, 1.54) is 32.9 Å². The van der Waals surface area contributed by atoms with E-state index in [0.717, 1.165) is 72.5 Å². The molecule has 60 heavy (non-hydrogen) atoms. The van der Waals surface area contributed by atoms with Crippen LogP contribution >= 0.6 is 0 Å². The third kappa shape index (κ3) is 5.52. The van der Waals surface area contributed by atoms with Gasteiger partial charge in [-0.15, -0.1) is 0 Å². The highest BCUT2D eigenvalue weighted by molar-refractivity contribution is 6.19. The number of hydrogen-bond donors (Lipinski definition) is 0. The Bertz CT molecular complexity index is 3510. The van der Waals surface area contributed by atoms with E-state index >= 15 is 0 Å². The summed E-state index contributed by atoms with van der Waals surface area (Å²) >= 11 is 0. The van der Waals surface area contributed by atoms with Crippen LogP contribution in [-0.4, -0.2) is 9.55 Å². The van der Waals surface area contributed by atoms with Crippen LogP contribution in [0.3, 0.4) is 0 Å². The average molecular weight is 770 g/mol. The van der Waals surface area contributed by atoms with E-state index in [-0.39, 0.29) is 0 Å². The second kappa shape index (κ2) is 13.8. The molecule has 3 aromatic heterocycles. The van der Waals surface area contributed by atoms with Gasteiger partial charge >= 0.3 is 0 Å². The Morgan fingerprint density at radius 1 is 0.400 bits per heavy atom. The average Bonchev–Trinajstić information content (AvgIpc) is 4.03. The quantitative estimate of drug-likeness (QED) is 0.162. The van der Waals surface area contributed by atoms with E-state index in [1.807, 2.05) is 42.5 Å². The molecule has 0 unspecified atom stereocenters. The molecule has 12 aromatic rings. The standard InChI is InChI=1S/C55H35N3O2/c1-4-13-36(14-5-1)37-23-27-41(28-24-37)57(43-31-32-49-47(35-43)45-19-10-11-22-48(45)58(49)40-17-8-3-9-18-40)42-29-25-38(26-30-42)44-20-12-21-46-52-50(59-54(44)46)33-34-51-53(52)56-55(60-51)39-15-6-2-7-16-39/h1-35H. The molecule has 12 rings (SSSR count). The van der Waals surface area contributed by atoms with Crippen LogP contribution in [0.15, 0.2) is 221 Å². The van der Waals surface area contributed by atoms with E-state index < -0.39 is 0 Å². The summed E-state index contributed by atoms with van der Waals surface area (Å²) in [6, 6.07) is 74.6. The third-order valence-electron chi connectivity index (χ3n) is 11.6. The lowest BCUT2D eigenvalue weighted by Gasteiger charge is -2.26. The van der Waals surface area contributed by atoms with Crippen molar-refractivity contribution >= 4 is 71.9 Å². The van der Waals surface area contributed by atoms with Gasteiger partial charge in [-0.3, -0.25) is 0 Å². The second-order valence-corrected chi connectivity index (χ2v) is 15.1. The van der Waals surface area contributed by atoms with Crippen molar-refractivity contribution in [3.63, 3.8) is 0 Å². The molecular weight excluding hydrogens is 735 g/mol. The fraction of sp³-hybridized carbons (Fsp3) is 0. The lowest BCUT2D eigenvalue weighted by Crippen LogP contribution is -2.10. The van der Waals surface area contributed by atoms with E-state index in [9.17, 15) is 0 Å². The van der Waals surface area contributed by atoms with Crippen molar-refractivity contribution in [2.45, 2.75) is 0 Å². The number of rotatable bonds is 7. The fourth-order valence-electron chi connectivity index (χ4n) is 8.83. The number of benzene rings is 9. The highest BCUT2D eigenvalue weighted by Gasteiger charge is 2.21. The van der Waals surface area contributed by atoms with Crippen molar-refractivity contribution in [2.75, 3.05) is 4.90 Å². The molecule has 0 aliphatic heterocycles. The first-order valence-corrected chi connectivity index (χ1v) is 20.2. The molecule has 0 fully saturated rings. The Hall–Kier alpha value is -8.15. The summed E-state index contributed by atoms with van der Waals surface area (Å²) in [6.45, 7) is 0. The zero-order valence-electron chi connectivity index (χ0n) is 32.4. The molecule has 0 saturated carbocycles. The molecule has 0 aliphatic carbocycles. The Balaban J connectivity index is 0.983. The summed E-state index contributed by atoms with van der Waals surface area (Å²) in [5, 5.41) is 4.38. The molecular formula is C55H35N3O2. The third-order valence-corrected chi connectivity index (χ3v) is 11.6. The Kier molecular flexibility index (Phi) is 7.78. The maximum absolute atomic E-state index is 6.64. The fourth-order valence-corrected chi connectivity index (χ4v) is 8.83. The zero-order valence-corrected chi connectivity index (χ0v) is 32.4. The van der Waals surface area contributed by atoms with Crippen LogP contribution in [0.25, 0.3) is 94.2 Å². The minimum absolute atomic E-state index is 0.597. The van der Waals surface area contributed by atoms with Crippen molar-refractivity contribution in [1.82, 2.24) is 9.55 Å². The Morgan fingerprint density at radius 2 is 0.983 bits per heavy atom. The van der Waals surface area contributed by atoms with Crippen LogP contribution in [0.2, 0.25) is 0 Å². The smallest absolute Gasteiger partial charge is 0.227 e. The van der Waals surface area contributed by atoms with Crippen molar-refractivity contribution in [2.24, 2.45) is 0 Å². The molecule has 0 bridgehead atoms. The van der Waals surface area contributed by atoms with Crippen molar-refractivity contribution in [3.8, 4) is 39.4 Å². The molecule has 3 heterocycles. The molecule has 0 saturated heterocycles. The molecule has 9 aromatic carbocycles. The number of hydrogen-bond acceptors (Lipinski definition) is 4. The van der Waals surface area contributed by atoms with Gasteiger partial charge in [-0.2, -0.15) is 0 Å². The molecule has 0 aliphatic rings. The summed E-state index contributed by atoms with van der Waals surface area (Å²) in [4.78, 5) is 7.31. The molecule has 0 atom stereocenters. The first-order chi connectivity index (χ1) is 29.7. The number of nitrogens with zero attached hydrogens (tertiary/aromatic N) is 3. The lowest BCUT2D eigenvalue weighted by atomic mass is 10.0. The van der Waals surface area contributed by atoms with Crippen LogP contribution in [0.5, 0.6) is 0 Å². The van der Waals surface area contributed by atoms with Gasteiger partial charge in [0.15, 0.2) is 5.58 Å². The predicted octanol–water partition coefficient (Wildman–Crippen LogP) is 15.3. The number of oxazole rings is 1. The van der Waals surface area contributed by atoms with Gasteiger partial charge in [0, 0.05) is 50.0 Å². The second-order valence-electron chi connectivity index (χ2n) is 15.1. The molecule has 282 valence electrons. The van der Waals surface area contributed by atoms with Gasteiger partial charge in [0.1, 0.15) is 16.7 Å². The zero-order chi connectivity index (χ0) is 39.6. The monoisotopic (exact) mass is 769 g/mol. The van der Waals surface area contributed by atoms with Crippen LogP contribution in [-0.2, 0) is 0 Å². The van der Waals surface area contributed by atoms with Crippen LogP contribution in [0, 0.1) is 0 Å². The largest absolute Gasteiger partial charge is 0.455 e. The summed E-state index contributed by atoms with van der Waals surface area (Å²) in [5.74, 6) is 0.597. The van der Waals surface area contributed by atoms with E-state index in [1.54, 1.807) is 0 Å². The van der Waals surface area contributed by atoms with E-state index in [2.05, 4.69) is 179 Å². The Morgan fingerprint density at radius 3 is 1.73 bits per heavy atom. The SMILES string of the molecule is c1ccc(-c2ccc(N(c3ccc(-c4cccc5c4oc4ccc6oc(-c7ccccc7)nc6c45)cc3)c3ccc4c(c3)c3ccccc3n4-c3ccccc3)cc2)cc1. The first-order valence-electron chi connectivity index (χ1n) is 20.2. The minimum atomic E-state index is 0.597. The molecule has 5 heteroatoms. The van der Waals surface area contributed by atoms with Gasteiger partial charge < -0.3 is 18.3 Å². The first kappa shape index (κ1) is 33.9. The van der Waals surface area contributed by atoms with Gasteiger partial charge in [0.2, 0.25) is 5.89 Å². The summed E-state index contributed by atoms with van der Waals surface area (Å²) < 4.78 is 15.2.